The van der Waals surface area contributed by atoms with Gasteiger partial charge in [0.1, 0.15) is 0 Å². The van der Waals surface area contributed by atoms with E-state index in [9.17, 15) is 0 Å². The normalized spacial score (nSPS) is 15.4. The lowest BCUT2D eigenvalue weighted by Gasteiger charge is -2.12. The molecule has 1 aliphatic rings. The molecule has 0 amide bonds. The van der Waals surface area contributed by atoms with Crippen molar-refractivity contribution in [1.29, 1.82) is 0 Å². The first-order valence-corrected chi connectivity index (χ1v) is 8.51. The third-order valence-electron chi connectivity index (χ3n) is 4.40. The van der Waals surface area contributed by atoms with Crippen LogP contribution >= 0.6 is 11.6 Å². The largest absolute Gasteiger partial charge is 1.00 e. The van der Waals surface area contributed by atoms with E-state index in [2.05, 4.69) is 48.5 Å². The van der Waals surface area contributed by atoms with Crippen molar-refractivity contribution in [3.8, 4) is 0 Å². The lowest BCUT2D eigenvalue weighted by atomic mass is 9.98. The van der Waals surface area contributed by atoms with Gasteiger partial charge in [-0.15, -0.1) is 0 Å². The molecule has 0 aliphatic carbocycles. The Morgan fingerprint density at radius 2 is 1.61 bits per heavy atom. The number of nitrogens with one attached hydrogen (secondary N) is 1. The highest BCUT2D eigenvalue weighted by molar-refractivity contribution is 6.30. The number of halogens is 2. The Morgan fingerprint density at radius 3 is 2.26 bits per heavy atom. The van der Waals surface area contributed by atoms with Gasteiger partial charge in [0.25, 0.3) is 0 Å². The predicted molar refractivity (Wildman–Crippen MR) is 94.4 cm³/mol. The first-order valence-electron chi connectivity index (χ1n) is 8.14. The first kappa shape index (κ1) is 18.3. The van der Waals surface area contributed by atoms with Crippen molar-refractivity contribution in [2.75, 3.05) is 19.6 Å². The third-order valence-corrected chi connectivity index (χ3v) is 4.65. The Hall–Kier alpha value is -1.09. The zero-order chi connectivity index (χ0) is 15.2. The third kappa shape index (κ3) is 5.49. The lowest BCUT2D eigenvalue weighted by molar-refractivity contribution is -0.881. The number of allylic oxidation sites excluding steroid dienone is 1. The second-order valence-electron chi connectivity index (χ2n) is 6.06. The molecule has 0 radical (unpaired) electrons. The smallest absolute Gasteiger partial charge is 0.0964 e. The molecule has 1 fully saturated rings. The van der Waals surface area contributed by atoms with Crippen molar-refractivity contribution in [2.45, 2.75) is 19.3 Å². The van der Waals surface area contributed by atoms with Gasteiger partial charge < -0.3 is 21.9 Å². The molecular formula is C20H23BrClN. The summed E-state index contributed by atoms with van der Waals surface area (Å²) < 4.78 is 0. The zero-order valence-electron chi connectivity index (χ0n) is 13.3. The average molecular weight is 393 g/mol. The monoisotopic (exact) mass is 391 g/mol. The van der Waals surface area contributed by atoms with Crippen molar-refractivity contribution in [1.82, 2.24) is 0 Å². The molecule has 2 aromatic rings. The summed E-state index contributed by atoms with van der Waals surface area (Å²) in [6.07, 6.45) is 6.15. The average Bonchev–Trinajstić information content (AvgIpc) is 3.07. The van der Waals surface area contributed by atoms with Crippen LogP contribution < -0.4 is 21.9 Å². The van der Waals surface area contributed by atoms with E-state index >= 15 is 0 Å². The van der Waals surface area contributed by atoms with E-state index in [4.69, 9.17) is 11.6 Å². The van der Waals surface area contributed by atoms with E-state index in [-0.39, 0.29) is 17.0 Å². The van der Waals surface area contributed by atoms with Gasteiger partial charge in [0, 0.05) is 17.9 Å². The molecule has 2 aromatic carbocycles. The molecule has 122 valence electrons. The van der Waals surface area contributed by atoms with Crippen LogP contribution in [0.1, 0.15) is 24.0 Å². The van der Waals surface area contributed by atoms with Crippen LogP contribution in [-0.4, -0.2) is 19.6 Å². The van der Waals surface area contributed by atoms with Crippen molar-refractivity contribution in [2.24, 2.45) is 0 Å². The standard InChI is InChI=1S/C20H22ClN.BrH/c21-20-10-8-17(9-11-20)16-19(18-6-2-1-3-7-18)12-15-22-13-4-5-14-22;/h1-3,6-12H,4-5,13-16H2;1H. The topological polar surface area (TPSA) is 4.44 Å². The Bertz CT molecular complexity index is 616. The molecule has 1 aliphatic heterocycles. The maximum absolute atomic E-state index is 5.99. The number of hydrogen-bond acceptors (Lipinski definition) is 0. The Labute approximate surface area is 154 Å². The summed E-state index contributed by atoms with van der Waals surface area (Å²) in [5.74, 6) is 0. The summed E-state index contributed by atoms with van der Waals surface area (Å²) in [6, 6.07) is 18.9. The molecule has 0 unspecified atom stereocenters. The van der Waals surface area contributed by atoms with Crippen LogP contribution in [0.5, 0.6) is 0 Å². The van der Waals surface area contributed by atoms with Gasteiger partial charge in [0.2, 0.25) is 0 Å². The zero-order valence-corrected chi connectivity index (χ0v) is 15.6. The van der Waals surface area contributed by atoms with Gasteiger partial charge in [-0.05, 0) is 41.3 Å². The Morgan fingerprint density at radius 1 is 0.957 bits per heavy atom. The highest BCUT2D eigenvalue weighted by Gasteiger charge is 2.14. The molecule has 0 saturated carbocycles. The second kappa shape index (κ2) is 9.27. The van der Waals surface area contributed by atoms with Gasteiger partial charge in [-0.25, -0.2) is 0 Å². The fourth-order valence-corrected chi connectivity index (χ4v) is 3.24. The van der Waals surface area contributed by atoms with Crippen LogP contribution in [0, 0.1) is 0 Å². The van der Waals surface area contributed by atoms with Crippen LogP contribution in [-0.2, 0) is 6.42 Å². The molecule has 0 spiro atoms. The molecule has 1 N–H and O–H groups in total. The number of likely N-dealkylation sites (tertiary alicyclic amines) is 1. The number of benzene rings is 2. The maximum Gasteiger partial charge on any atom is 0.0964 e. The van der Waals surface area contributed by atoms with Gasteiger partial charge in [-0.3, -0.25) is 0 Å². The molecule has 0 bridgehead atoms. The number of rotatable bonds is 5. The molecule has 3 heteroatoms. The number of quaternary nitrogens is 1. The van der Waals surface area contributed by atoms with Crippen LogP contribution in [0.4, 0.5) is 0 Å². The van der Waals surface area contributed by atoms with Crippen LogP contribution in [0.3, 0.4) is 0 Å². The lowest BCUT2D eigenvalue weighted by Crippen LogP contribution is -3.09. The summed E-state index contributed by atoms with van der Waals surface area (Å²) in [5.41, 5.74) is 4.06. The second-order valence-corrected chi connectivity index (χ2v) is 6.50. The summed E-state index contributed by atoms with van der Waals surface area (Å²) in [4.78, 5) is 1.71. The molecule has 1 nitrogen and oxygen atoms in total. The minimum absolute atomic E-state index is 0. The minimum atomic E-state index is 0. The Balaban J connectivity index is 0.00000192. The van der Waals surface area contributed by atoms with Crippen LogP contribution in [0.2, 0.25) is 5.02 Å². The highest BCUT2D eigenvalue weighted by atomic mass is 79.9. The fourth-order valence-electron chi connectivity index (χ4n) is 3.11. The van der Waals surface area contributed by atoms with Crippen molar-refractivity contribution < 1.29 is 21.9 Å². The van der Waals surface area contributed by atoms with Gasteiger partial charge in [0.15, 0.2) is 0 Å². The SMILES string of the molecule is Clc1ccc(CC(=CC[NH+]2CCCC2)c2ccccc2)cc1.[Br-]. The van der Waals surface area contributed by atoms with Crippen molar-refractivity contribution in [3.63, 3.8) is 0 Å². The van der Waals surface area contributed by atoms with E-state index in [1.807, 2.05) is 12.1 Å². The summed E-state index contributed by atoms with van der Waals surface area (Å²) in [7, 11) is 0. The molecule has 3 rings (SSSR count). The number of hydrogen-bond donors (Lipinski definition) is 1. The van der Waals surface area contributed by atoms with Crippen LogP contribution in [0.15, 0.2) is 60.7 Å². The quantitative estimate of drug-likeness (QED) is 0.762. The van der Waals surface area contributed by atoms with E-state index in [1.54, 1.807) is 4.90 Å². The van der Waals surface area contributed by atoms with Gasteiger partial charge in [-0.1, -0.05) is 54.1 Å². The summed E-state index contributed by atoms with van der Waals surface area (Å²) >= 11 is 5.99. The maximum atomic E-state index is 5.99. The van der Waals surface area contributed by atoms with E-state index in [0.717, 1.165) is 18.0 Å². The predicted octanol–water partition coefficient (Wildman–Crippen LogP) is 0.649. The molecule has 0 aromatic heterocycles. The van der Waals surface area contributed by atoms with E-state index in [1.165, 1.54) is 42.6 Å². The molecule has 1 heterocycles. The minimum Gasteiger partial charge on any atom is -1.00 e. The molecule has 1 saturated heterocycles. The van der Waals surface area contributed by atoms with E-state index in [0.29, 0.717) is 0 Å². The first-order chi connectivity index (χ1) is 10.8. The van der Waals surface area contributed by atoms with Crippen LogP contribution in [0.25, 0.3) is 5.57 Å². The summed E-state index contributed by atoms with van der Waals surface area (Å²) in [5, 5.41) is 0.801. The molecule has 0 atom stereocenters. The van der Waals surface area contributed by atoms with Crippen molar-refractivity contribution >= 4 is 17.2 Å². The molecular weight excluding hydrogens is 370 g/mol. The Kier molecular flexibility index (Phi) is 7.35. The van der Waals surface area contributed by atoms with Gasteiger partial charge >= 0.3 is 0 Å². The van der Waals surface area contributed by atoms with Crippen molar-refractivity contribution in [3.05, 3.63) is 76.8 Å². The van der Waals surface area contributed by atoms with Gasteiger partial charge in [0.05, 0.1) is 19.6 Å². The molecule has 23 heavy (non-hydrogen) atoms. The van der Waals surface area contributed by atoms with Gasteiger partial charge in [-0.2, -0.15) is 0 Å². The van der Waals surface area contributed by atoms with E-state index < -0.39 is 0 Å². The summed E-state index contributed by atoms with van der Waals surface area (Å²) in [6.45, 7) is 3.77. The fraction of sp³-hybridized carbons (Fsp3) is 0.300. The highest BCUT2D eigenvalue weighted by Crippen LogP contribution is 2.20.